The number of aromatic nitrogens is 2. The second kappa shape index (κ2) is 6.52. The minimum atomic E-state index is -3.41. The van der Waals surface area contributed by atoms with Crippen molar-refractivity contribution in [3.05, 3.63) is 71.1 Å². The van der Waals surface area contributed by atoms with Gasteiger partial charge in [0.2, 0.25) is 11.8 Å². The van der Waals surface area contributed by atoms with Gasteiger partial charge in [-0.2, -0.15) is 0 Å². The van der Waals surface area contributed by atoms with E-state index < -0.39 is 9.84 Å². The maximum atomic E-state index is 12.2. The molecule has 3 rings (SSSR count). The average molecular weight is 349 g/mol. The highest BCUT2D eigenvalue weighted by Gasteiger charge is 2.18. The van der Waals surface area contributed by atoms with Gasteiger partial charge in [-0.15, -0.1) is 10.2 Å². The van der Waals surface area contributed by atoms with E-state index in [-0.39, 0.29) is 17.4 Å². The summed E-state index contributed by atoms with van der Waals surface area (Å²) in [5, 5.41) is 8.27. The van der Waals surface area contributed by atoms with Crippen molar-refractivity contribution in [1.82, 2.24) is 10.2 Å². The van der Waals surface area contributed by atoms with Gasteiger partial charge in [0.25, 0.3) is 0 Å². The second-order valence-corrected chi connectivity index (χ2v) is 7.53. The average Bonchev–Trinajstić information content (AvgIpc) is 2.98. The summed E-state index contributed by atoms with van der Waals surface area (Å²) in [6, 6.07) is 15.9. The van der Waals surface area contributed by atoms with Crippen LogP contribution in [0.2, 0.25) is 5.02 Å². The third-order valence-electron chi connectivity index (χ3n) is 3.13. The van der Waals surface area contributed by atoms with Crippen LogP contribution in [0, 0.1) is 0 Å². The van der Waals surface area contributed by atoms with Gasteiger partial charge in [0.1, 0.15) is 5.75 Å². The van der Waals surface area contributed by atoms with Crippen molar-refractivity contribution in [2.75, 3.05) is 0 Å². The van der Waals surface area contributed by atoms with E-state index in [0.717, 1.165) is 5.56 Å². The lowest BCUT2D eigenvalue weighted by Crippen LogP contribution is -2.07. The summed E-state index contributed by atoms with van der Waals surface area (Å²) in [4.78, 5) is 0. The number of benzene rings is 2. The molecule has 0 unspecified atom stereocenters. The molecule has 0 spiro atoms. The number of nitrogens with zero attached hydrogens (tertiary/aromatic N) is 2. The number of hydrogen-bond acceptors (Lipinski definition) is 5. The largest absolute Gasteiger partial charge is 0.420 e. The Kier molecular flexibility index (Phi) is 4.45. The Morgan fingerprint density at radius 3 is 2.30 bits per heavy atom. The van der Waals surface area contributed by atoms with Crippen LogP contribution in [-0.2, 0) is 21.3 Å². The van der Waals surface area contributed by atoms with Crippen LogP contribution in [0.3, 0.4) is 0 Å². The quantitative estimate of drug-likeness (QED) is 0.705. The normalized spacial score (nSPS) is 11.5. The van der Waals surface area contributed by atoms with E-state index in [2.05, 4.69) is 10.2 Å². The van der Waals surface area contributed by atoms with Crippen molar-refractivity contribution in [2.45, 2.75) is 11.5 Å². The second-order valence-electron chi connectivity index (χ2n) is 5.03. The summed E-state index contributed by atoms with van der Waals surface area (Å²) in [7, 11) is -3.41. The number of halogens is 1. The maximum absolute atomic E-state index is 12.2. The van der Waals surface area contributed by atoms with E-state index in [1.807, 2.05) is 30.3 Å². The van der Waals surface area contributed by atoms with Gasteiger partial charge in [0.15, 0.2) is 9.84 Å². The maximum Gasteiger partial charge on any atom is 0.247 e. The lowest BCUT2D eigenvalue weighted by Gasteiger charge is -2.02. The van der Waals surface area contributed by atoms with E-state index in [1.165, 1.54) is 0 Å². The first-order valence-electron chi connectivity index (χ1n) is 6.84. The molecule has 3 aromatic rings. The van der Waals surface area contributed by atoms with Crippen molar-refractivity contribution in [3.8, 4) is 11.5 Å². The Bertz CT molecular complexity index is 891. The molecular formula is C16H13ClN2O3S. The molecule has 23 heavy (non-hydrogen) atoms. The fourth-order valence-corrected chi connectivity index (χ4v) is 3.50. The molecular weight excluding hydrogens is 336 g/mol. The molecule has 1 heterocycles. The summed E-state index contributed by atoms with van der Waals surface area (Å²) in [5.41, 5.74) is 1.42. The molecule has 0 saturated heterocycles. The molecule has 0 bridgehead atoms. The zero-order valence-electron chi connectivity index (χ0n) is 12.0. The Balaban J connectivity index is 1.73. The van der Waals surface area contributed by atoms with Crippen LogP contribution in [0.4, 0.5) is 0 Å². The molecule has 0 fully saturated rings. The predicted molar refractivity (Wildman–Crippen MR) is 87.5 cm³/mol. The summed E-state index contributed by atoms with van der Waals surface area (Å²) in [5.74, 6) is -0.0111. The Labute approximate surface area is 138 Å². The molecule has 0 radical (unpaired) electrons. The topological polar surface area (TPSA) is 73.1 Å². The van der Waals surface area contributed by atoms with Gasteiger partial charge < -0.3 is 4.42 Å². The van der Waals surface area contributed by atoms with Gasteiger partial charge >= 0.3 is 0 Å². The summed E-state index contributed by atoms with van der Waals surface area (Å²) < 4.78 is 29.9. The van der Waals surface area contributed by atoms with Crippen LogP contribution in [0.5, 0.6) is 0 Å². The molecule has 7 heteroatoms. The molecule has 0 saturated carbocycles. The Hall–Kier alpha value is -2.18. The fourth-order valence-electron chi connectivity index (χ4n) is 2.08. The fraction of sp³-hybridized carbons (Fsp3) is 0.125. The van der Waals surface area contributed by atoms with Crippen LogP contribution >= 0.6 is 11.6 Å². The molecule has 0 aliphatic carbocycles. The standard InChI is InChI=1S/C16H13ClN2O3S/c17-14-8-6-12(7-9-14)10-23(20,21)11-15-18-19-16(22-15)13-4-2-1-3-5-13/h1-9H,10-11H2. The third kappa shape index (κ3) is 4.18. The van der Waals surface area contributed by atoms with E-state index >= 15 is 0 Å². The predicted octanol–water partition coefficient (Wildman–Crippen LogP) is 3.51. The van der Waals surface area contributed by atoms with Crippen LogP contribution in [-0.4, -0.2) is 18.6 Å². The first kappa shape index (κ1) is 15.7. The highest BCUT2D eigenvalue weighted by atomic mass is 35.5. The van der Waals surface area contributed by atoms with Gasteiger partial charge in [-0.3, -0.25) is 0 Å². The molecule has 0 N–H and O–H groups in total. The lowest BCUT2D eigenvalue weighted by molar-refractivity contribution is 0.518. The van der Waals surface area contributed by atoms with Crippen molar-refractivity contribution >= 4 is 21.4 Å². The van der Waals surface area contributed by atoms with Crippen LogP contribution in [0.15, 0.2) is 59.0 Å². The van der Waals surface area contributed by atoms with Crippen molar-refractivity contribution in [1.29, 1.82) is 0 Å². The molecule has 0 atom stereocenters. The van der Waals surface area contributed by atoms with Gasteiger partial charge in [-0.1, -0.05) is 41.9 Å². The highest BCUT2D eigenvalue weighted by molar-refractivity contribution is 7.89. The Morgan fingerprint density at radius 1 is 0.913 bits per heavy atom. The number of hydrogen-bond donors (Lipinski definition) is 0. The number of sulfone groups is 1. The lowest BCUT2D eigenvalue weighted by atomic mass is 10.2. The van der Waals surface area contributed by atoms with Gasteiger partial charge in [0, 0.05) is 10.6 Å². The van der Waals surface area contributed by atoms with Crippen molar-refractivity contribution in [2.24, 2.45) is 0 Å². The van der Waals surface area contributed by atoms with E-state index in [1.54, 1.807) is 24.3 Å². The number of rotatable bonds is 5. The van der Waals surface area contributed by atoms with Crippen molar-refractivity contribution in [3.63, 3.8) is 0 Å². The van der Waals surface area contributed by atoms with Gasteiger partial charge in [-0.25, -0.2) is 8.42 Å². The zero-order valence-corrected chi connectivity index (χ0v) is 13.6. The first-order valence-corrected chi connectivity index (χ1v) is 9.04. The molecule has 2 aromatic carbocycles. The molecule has 0 amide bonds. The van der Waals surface area contributed by atoms with E-state index in [4.69, 9.17) is 16.0 Å². The van der Waals surface area contributed by atoms with Gasteiger partial charge in [-0.05, 0) is 29.8 Å². The van der Waals surface area contributed by atoms with Crippen LogP contribution < -0.4 is 0 Å². The molecule has 5 nitrogen and oxygen atoms in total. The van der Waals surface area contributed by atoms with Crippen molar-refractivity contribution < 1.29 is 12.8 Å². The third-order valence-corrected chi connectivity index (χ3v) is 4.84. The van der Waals surface area contributed by atoms with Crippen LogP contribution in [0.1, 0.15) is 11.5 Å². The molecule has 118 valence electrons. The SMILES string of the molecule is O=S(=O)(Cc1ccc(Cl)cc1)Cc1nnc(-c2ccccc2)o1. The Morgan fingerprint density at radius 2 is 1.61 bits per heavy atom. The van der Waals surface area contributed by atoms with Gasteiger partial charge in [0.05, 0.1) is 5.75 Å². The highest BCUT2D eigenvalue weighted by Crippen LogP contribution is 2.19. The summed E-state index contributed by atoms with van der Waals surface area (Å²) in [6.07, 6.45) is 0. The minimum Gasteiger partial charge on any atom is -0.420 e. The monoisotopic (exact) mass is 348 g/mol. The molecule has 1 aromatic heterocycles. The minimum absolute atomic E-state index is 0.0813. The van der Waals surface area contributed by atoms with Crippen LogP contribution in [0.25, 0.3) is 11.5 Å². The summed E-state index contributed by atoms with van der Waals surface area (Å²) in [6.45, 7) is 0. The van der Waals surface area contributed by atoms with E-state index in [9.17, 15) is 8.42 Å². The zero-order chi connectivity index (χ0) is 16.3. The first-order chi connectivity index (χ1) is 11.0. The molecule has 0 aliphatic heterocycles. The van der Waals surface area contributed by atoms with E-state index in [0.29, 0.717) is 16.5 Å². The summed E-state index contributed by atoms with van der Waals surface area (Å²) >= 11 is 5.79. The molecule has 0 aliphatic rings. The smallest absolute Gasteiger partial charge is 0.247 e.